The number of amides is 1. The van der Waals surface area contributed by atoms with Crippen molar-refractivity contribution in [3.8, 4) is 5.75 Å². The van der Waals surface area contributed by atoms with Crippen molar-refractivity contribution in [1.82, 2.24) is 15.1 Å². The number of aryl methyl sites for hydroxylation is 2. The molecule has 0 saturated heterocycles. The van der Waals surface area contributed by atoms with Gasteiger partial charge in [-0.1, -0.05) is 6.07 Å². The Hall–Kier alpha value is -2.60. The molecule has 0 bridgehead atoms. The molecule has 27 heavy (non-hydrogen) atoms. The number of aromatic nitrogens is 2. The van der Waals surface area contributed by atoms with E-state index in [1.165, 1.54) is 35.3 Å². The summed E-state index contributed by atoms with van der Waals surface area (Å²) in [5.74, 6) is 0.851. The molecule has 0 fully saturated rings. The molecule has 6 heteroatoms. The highest BCUT2D eigenvalue weighted by Crippen LogP contribution is 2.26. The van der Waals surface area contributed by atoms with E-state index in [1.54, 1.807) is 6.20 Å². The highest BCUT2D eigenvalue weighted by molar-refractivity contribution is 7.12. The van der Waals surface area contributed by atoms with Crippen molar-refractivity contribution < 1.29 is 9.53 Å². The molecule has 0 aliphatic heterocycles. The summed E-state index contributed by atoms with van der Waals surface area (Å²) in [6.45, 7) is 3.11. The fourth-order valence-corrected chi connectivity index (χ4v) is 4.20. The lowest BCUT2D eigenvalue weighted by atomic mass is 10.1. The van der Waals surface area contributed by atoms with Gasteiger partial charge < -0.3 is 10.1 Å². The predicted molar refractivity (Wildman–Crippen MR) is 106 cm³/mol. The zero-order valence-corrected chi connectivity index (χ0v) is 16.2. The van der Waals surface area contributed by atoms with Crippen LogP contribution in [0, 0.1) is 0 Å². The van der Waals surface area contributed by atoms with E-state index in [2.05, 4.69) is 22.5 Å². The average Bonchev–Trinajstić information content (AvgIpc) is 3.40. The maximum absolute atomic E-state index is 12.4. The first-order chi connectivity index (χ1) is 13.2. The van der Waals surface area contributed by atoms with Crippen LogP contribution < -0.4 is 10.1 Å². The van der Waals surface area contributed by atoms with Crippen molar-refractivity contribution in [2.24, 2.45) is 0 Å². The van der Waals surface area contributed by atoms with Crippen LogP contribution in [0.5, 0.6) is 5.75 Å². The third kappa shape index (κ3) is 4.39. The van der Waals surface area contributed by atoms with Gasteiger partial charge in [-0.15, -0.1) is 11.3 Å². The van der Waals surface area contributed by atoms with Crippen molar-refractivity contribution >= 4 is 17.2 Å². The molecule has 1 atom stereocenters. The first kappa shape index (κ1) is 17.8. The Kier molecular flexibility index (Phi) is 5.25. The van der Waals surface area contributed by atoms with E-state index >= 15 is 0 Å². The summed E-state index contributed by atoms with van der Waals surface area (Å²) in [5.41, 5.74) is 3.87. The van der Waals surface area contributed by atoms with Gasteiger partial charge in [-0.25, -0.2) is 0 Å². The second-order valence-electron chi connectivity index (χ2n) is 6.99. The van der Waals surface area contributed by atoms with Gasteiger partial charge in [0.2, 0.25) is 0 Å². The molecular weight excluding hydrogens is 358 g/mol. The molecular formula is C21H23N3O2S. The lowest BCUT2D eigenvalue weighted by Crippen LogP contribution is -2.35. The standard InChI is InChI=1S/C21H23N3O2S/c1-15(12-24-9-3-8-22-24)23-21(25)20-10-16(14-27-20)13-26-19-7-6-17-4-2-5-18(17)11-19/h3,6-11,14-15H,2,4-5,12-13H2,1H3,(H,23,25). The lowest BCUT2D eigenvalue weighted by molar-refractivity contribution is 0.0940. The van der Waals surface area contributed by atoms with Gasteiger partial charge in [0.15, 0.2) is 0 Å². The smallest absolute Gasteiger partial charge is 0.261 e. The zero-order chi connectivity index (χ0) is 18.6. The molecule has 3 aromatic rings. The van der Waals surface area contributed by atoms with Crippen molar-refractivity contribution in [2.75, 3.05) is 0 Å². The lowest BCUT2D eigenvalue weighted by Gasteiger charge is -2.13. The Bertz CT molecular complexity index is 917. The minimum atomic E-state index is -0.0524. The largest absolute Gasteiger partial charge is 0.489 e. The van der Waals surface area contributed by atoms with Gasteiger partial charge in [0.05, 0.1) is 11.4 Å². The molecule has 1 aromatic carbocycles. The number of rotatable bonds is 7. The number of nitrogens with one attached hydrogen (secondary N) is 1. The molecule has 2 aromatic heterocycles. The zero-order valence-electron chi connectivity index (χ0n) is 15.4. The van der Waals surface area contributed by atoms with E-state index in [0.29, 0.717) is 18.0 Å². The Balaban J connectivity index is 1.30. The predicted octanol–water partition coefficient (Wildman–Crippen LogP) is 3.83. The summed E-state index contributed by atoms with van der Waals surface area (Å²) in [6.07, 6.45) is 7.19. The number of carbonyl (C=O) groups is 1. The molecule has 0 saturated carbocycles. The summed E-state index contributed by atoms with van der Waals surface area (Å²) in [7, 11) is 0. The van der Waals surface area contributed by atoms with Crippen LogP contribution in [0.15, 0.2) is 48.1 Å². The van der Waals surface area contributed by atoms with Gasteiger partial charge in [0.25, 0.3) is 5.91 Å². The van der Waals surface area contributed by atoms with Crippen molar-refractivity contribution in [3.63, 3.8) is 0 Å². The van der Waals surface area contributed by atoms with Crippen LogP contribution in [-0.2, 0) is 26.0 Å². The van der Waals surface area contributed by atoms with E-state index in [-0.39, 0.29) is 11.9 Å². The topological polar surface area (TPSA) is 56.2 Å². The fraction of sp³-hybridized carbons (Fsp3) is 0.333. The highest BCUT2D eigenvalue weighted by Gasteiger charge is 2.14. The van der Waals surface area contributed by atoms with E-state index in [4.69, 9.17) is 4.74 Å². The Labute approximate surface area is 163 Å². The summed E-state index contributed by atoms with van der Waals surface area (Å²) >= 11 is 1.45. The molecule has 1 N–H and O–H groups in total. The van der Waals surface area contributed by atoms with Gasteiger partial charge in [0, 0.05) is 24.0 Å². The van der Waals surface area contributed by atoms with Crippen molar-refractivity contribution in [3.05, 3.63) is 69.7 Å². The maximum Gasteiger partial charge on any atom is 0.261 e. The van der Waals surface area contributed by atoms with Gasteiger partial charge in [0.1, 0.15) is 12.4 Å². The van der Waals surface area contributed by atoms with Gasteiger partial charge in [-0.2, -0.15) is 5.10 Å². The quantitative estimate of drug-likeness (QED) is 0.677. The van der Waals surface area contributed by atoms with E-state index in [9.17, 15) is 4.79 Å². The van der Waals surface area contributed by atoms with Crippen LogP contribution in [0.2, 0.25) is 0 Å². The molecule has 140 valence electrons. The Morgan fingerprint density at radius 3 is 3.07 bits per heavy atom. The number of fused-ring (bicyclic) bond motifs is 1. The Morgan fingerprint density at radius 2 is 2.22 bits per heavy atom. The van der Waals surface area contributed by atoms with Gasteiger partial charge >= 0.3 is 0 Å². The molecule has 1 aliphatic carbocycles. The molecule has 4 rings (SSSR count). The number of thiophene rings is 1. The summed E-state index contributed by atoms with van der Waals surface area (Å²) in [6, 6.07) is 10.2. The molecule has 2 heterocycles. The SMILES string of the molecule is CC(Cn1cccn1)NC(=O)c1cc(COc2ccc3c(c2)CCC3)cs1. The van der Waals surface area contributed by atoms with E-state index < -0.39 is 0 Å². The van der Waals surface area contributed by atoms with Gasteiger partial charge in [-0.3, -0.25) is 9.48 Å². The van der Waals surface area contributed by atoms with Crippen LogP contribution in [0.4, 0.5) is 0 Å². The van der Waals surface area contributed by atoms with E-state index in [0.717, 1.165) is 17.7 Å². The first-order valence-electron chi connectivity index (χ1n) is 9.28. The average molecular weight is 382 g/mol. The number of ether oxygens (including phenoxy) is 1. The minimum Gasteiger partial charge on any atom is -0.489 e. The summed E-state index contributed by atoms with van der Waals surface area (Å²) in [5, 5.41) is 9.17. The molecule has 1 amide bonds. The van der Waals surface area contributed by atoms with Crippen LogP contribution in [-0.4, -0.2) is 21.7 Å². The fourth-order valence-electron chi connectivity index (χ4n) is 3.40. The molecule has 0 spiro atoms. The summed E-state index contributed by atoms with van der Waals surface area (Å²) in [4.78, 5) is 13.1. The van der Waals surface area contributed by atoms with Crippen molar-refractivity contribution in [2.45, 2.75) is 45.4 Å². The minimum absolute atomic E-state index is 0.00520. The van der Waals surface area contributed by atoms with Crippen molar-refractivity contribution in [1.29, 1.82) is 0 Å². The second-order valence-corrected chi connectivity index (χ2v) is 7.91. The number of benzene rings is 1. The number of hydrogen-bond acceptors (Lipinski definition) is 4. The Morgan fingerprint density at radius 1 is 1.33 bits per heavy atom. The monoisotopic (exact) mass is 381 g/mol. The maximum atomic E-state index is 12.4. The van der Waals surface area contributed by atoms with Crippen LogP contribution >= 0.6 is 11.3 Å². The molecule has 1 aliphatic rings. The first-order valence-corrected chi connectivity index (χ1v) is 10.2. The number of nitrogens with zero attached hydrogens (tertiary/aromatic N) is 2. The van der Waals surface area contributed by atoms with Crippen LogP contribution in [0.25, 0.3) is 0 Å². The van der Waals surface area contributed by atoms with Gasteiger partial charge in [-0.05, 0) is 67.0 Å². The van der Waals surface area contributed by atoms with Crippen LogP contribution in [0.3, 0.4) is 0 Å². The van der Waals surface area contributed by atoms with E-state index in [1.807, 2.05) is 41.4 Å². The number of hydrogen-bond donors (Lipinski definition) is 1. The molecule has 5 nitrogen and oxygen atoms in total. The molecule has 1 unspecified atom stereocenters. The summed E-state index contributed by atoms with van der Waals surface area (Å²) < 4.78 is 7.74. The third-order valence-corrected chi connectivity index (χ3v) is 5.73. The normalized spacial score (nSPS) is 14.0. The highest BCUT2D eigenvalue weighted by atomic mass is 32.1. The third-order valence-electron chi connectivity index (χ3n) is 4.75. The number of carbonyl (C=O) groups excluding carboxylic acids is 1. The second kappa shape index (κ2) is 7.96. The van der Waals surface area contributed by atoms with Crippen LogP contribution in [0.1, 0.15) is 39.7 Å². The molecule has 0 radical (unpaired) electrons.